The summed E-state index contributed by atoms with van der Waals surface area (Å²) in [5, 5.41) is 8.62. The van der Waals surface area contributed by atoms with E-state index in [2.05, 4.69) is 21.2 Å². The Hall–Kier alpha value is -3.39. The van der Waals surface area contributed by atoms with Gasteiger partial charge in [-0.15, -0.1) is 10.2 Å². The number of pyridine rings is 1. The summed E-state index contributed by atoms with van der Waals surface area (Å²) in [7, 11) is 0. The summed E-state index contributed by atoms with van der Waals surface area (Å²) >= 11 is 1.21. The third-order valence-electron chi connectivity index (χ3n) is 5.00. The van der Waals surface area contributed by atoms with E-state index in [1.165, 1.54) is 17.8 Å². The van der Waals surface area contributed by atoms with Crippen molar-refractivity contribution in [2.24, 2.45) is 0 Å². The molecular formula is C24H20F2N4OS. The van der Waals surface area contributed by atoms with Crippen LogP contribution in [0.3, 0.4) is 0 Å². The first-order valence-electron chi connectivity index (χ1n) is 9.94. The Kier molecular flexibility index (Phi) is 6.14. The number of carbonyl (C=O) groups excluding carboxylic acids is 1. The molecule has 32 heavy (non-hydrogen) atoms. The summed E-state index contributed by atoms with van der Waals surface area (Å²) in [4.78, 5) is 17.0. The summed E-state index contributed by atoms with van der Waals surface area (Å²) < 4.78 is 28.8. The first kappa shape index (κ1) is 21.8. The van der Waals surface area contributed by atoms with Crippen molar-refractivity contribution in [3.63, 3.8) is 0 Å². The fourth-order valence-electron chi connectivity index (χ4n) is 3.40. The number of benzene rings is 2. The first-order chi connectivity index (χ1) is 15.3. The van der Waals surface area contributed by atoms with E-state index in [1.807, 2.05) is 42.7 Å². The number of hydrogen-bond donors (Lipinski definition) is 0. The Balaban J connectivity index is 1.74. The van der Waals surface area contributed by atoms with Crippen LogP contribution in [0.25, 0.3) is 17.1 Å². The van der Waals surface area contributed by atoms with Gasteiger partial charge in [0.25, 0.3) is 0 Å². The van der Waals surface area contributed by atoms with Gasteiger partial charge in [0.1, 0.15) is 0 Å². The maximum atomic E-state index is 13.6. The lowest BCUT2D eigenvalue weighted by Crippen LogP contribution is -2.15. The quantitative estimate of drug-likeness (QED) is 0.283. The van der Waals surface area contributed by atoms with Gasteiger partial charge in [-0.3, -0.25) is 14.3 Å². The minimum Gasteiger partial charge on any atom is -0.293 e. The minimum absolute atomic E-state index is 0.106. The second-order valence-electron chi connectivity index (χ2n) is 7.43. The van der Waals surface area contributed by atoms with Crippen molar-refractivity contribution in [3.8, 4) is 17.1 Å². The van der Waals surface area contributed by atoms with Gasteiger partial charge in [-0.25, -0.2) is 8.78 Å². The maximum absolute atomic E-state index is 13.6. The van der Waals surface area contributed by atoms with E-state index in [1.54, 1.807) is 19.3 Å². The van der Waals surface area contributed by atoms with E-state index >= 15 is 0 Å². The number of thioether (sulfide) groups is 1. The van der Waals surface area contributed by atoms with Gasteiger partial charge < -0.3 is 0 Å². The predicted octanol–water partition coefficient (Wildman–Crippen LogP) is 5.59. The summed E-state index contributed by atoms with van der Waals surface area (Å²) in [6.45, 7) is 5.72. The van der Waals surface area contributed by atoms with E-state index in [-0.39, 0.29) is 11.3 Å². The molecule has 0 aliphatic carbocycles. The standard InChI is InChI=1S/C24H20F2N4OS/c1-14-6-9-21(15(2)11-14)30-23(18-5-4-10-27-13-18)28-29-24(30)32-16(3)22(31)17-7-8-19(25)20(26)12-17/h4-13,16H,1-3H3. The van der Waals surface area contributed by atoms with Gasteiger partial charge in [-0.1, -0.05) is 29.5 Å². The first-order valence-corrected chi connectivity index (χ1v) is 10.8. The molecule has 0 aliphatic heterocycles. The molecule has 2 aromatic carbocycles. The van der Waals surface area contributed by atoms with Crippen molar-refractivity contribution in [1.29, 1.82) is 0 Å². The van der Waals surface area contributed by atoms with E-state index in [0.29, 0.717) is 11.0 Å². The molecule has 4 rings (SSSR count). The molecule has 2 aromatic heterocycles. The molecule has 0 saturated carbocycles. The van der Waals surface area contributed by atoms with Crippen LogP contribution < -0.4 is 0 Å². The molecule has 162 valence electrons. The van der Waals surface area contributed by atoms with E-state index < -0.39 is 16.9 Å². The smallest absolute Gasteiger partial charge is 0.196 e. The van der Waals surface area contributed by atoms with Crippen LogP contribution >= 0.6 is 11.8 Å². The fraction of sp³-hybridized carbons (Fsp3) is 0.167. The highest BCUT2D eigenvalue weighted by atomic mass is 32.2. The number of ketones is 1. The molecule has 8 heteroatoms. The highest BCUT2D eigenvalue weighted by Crippen LogP contribution is 2.32. The van der Waals surface area contributed by atoms with Crippen LogP contribution in [0.4, 0.5) is 8.78 Å². The van der Waals surface area contributed by atoms with Crippen LogP contribution in [0.5, 0.6) is 0 Å². The van der Waals surface area contributed by atoms with Crippen LogP contribution in [-0.4, -0.2) is 30.8 Å². The van der Waals surface area contributed by atoms with Crippen LogP contribution in [0.1, 0.15) is 28.4 Å². The number of hydrogen-bond acceptors (Lipinski definition) is 5. The molecule has 0 aliphatic rings. The Morgan fingerprint density at radius 2 is 1.84 bits per heavy atom. The second kappa shape index (κ2) is 9.00. The Morgan fingerprint density at radius 1 is 1.03 bits per heavy atom. The zero-order chi connectivity index (χ0) is 22.8. The Morgan fingerprint density at radius 3 is 2.53 bits per heavy atom. The predicted molar refractivity (Wildman–Crippen MR) is 120 cm³/mol. The van der Waals surface area contributed by atoms with Gasteiger partial charge in [0.15, 0.2) is 28.4 Å². The molecule has 0 fully saturated rings. The van der Waals surface area contributed by atoms with Crippen molar-refractivity contribution in [2.75, 3.05) is 0 Å². The van der Waals surface area contributed by atoms with Crippen molar-refractivity contribution in [2.45, 2.75) is 31.2 Å². The fourth-order valence-corrected chi connectivity index (χ4v) is 4.33. The number of aromatic nitrogens is 4. The van der Waals surface area contributed by atoms with Crippen LogP contribution in [0.15, 0.2) is 66.1 Å². The van der Waals surface area contributed by atoms with E-state index in [4.69, 9.17) is 0 Å². The average molecular weight is 451 g/mol. The lowest BCUT2D eigenvalue weighted by Gasteiger charge is -2.15. The summed E-state index contributed by atoms with van der Waals surface area (Å²) in [6.07, 6.45) is 3.38. The molecule has 1 atom stereocenters. The SMILES string of the molecule is Cc1ccc(-n2c(SC(C)C(=O)c3ccc(F)c(F)c3)nnc2-c2cccnc2)c(C)c1. The molecule has 0 bridgehead atoms. The van der Waals surface area contributed by atoms with Gasteiger partial charge >= 0.3 is 0 Å². The number of halogens is 2. The van der Waals surface area contributed by atoms with E-state index in [9.17, 15) is 13.6 Å². The van der Waals surface area contributed by atoms with Crippen molar-refractivity contribution >= 4 is 17.5 Å². The van der Waals surface area contributed by atoms with Crippen LogP contribution in [0.2, 0.25) is 0 Å². The number of carbonyl (C=O) groups is 1. The lowest BCUT2D eigenvalue weighted by atomic mass is 10.1. The van der Waals surface area contributed by atoms with Gasteiger partial charge in [-0.2, -0.15) is 0 Å². The number of Topliss-reactive ketones (excluding diaryl/α,β-unsaturated/α-hetero) is 1. The number of rotatable bonds is 6. The third kappa shape index (κ3) is 4.31. The van der Waals surface area contributed by atoms with Gasteiger partial charge in [0.05, 0.1) is 10.9 Å². The molecule has 1 unspecified atom stereocenters. The third-order valence-corrected chi connectivity index (χ3v) is 6.04. The molecule has 5 nitrogen and oxygen atoms in total. The van der Waals surface area contributed by atoms with Gasteiger partial charge in [0.2, 0.25) is 0 Å². The molecule has 0 spiro atoms. The lowest BCUT2D eigenvalue weighted by molar-refractivity contribution is 0.0993. The highest BCUT2D eigenvalue weighted by molar-refractivity contribution is 8.00. The normalized spacial score (nSPS) is 12.0. The summed E-state index contributed by atoms with van der Waals surface area (Å²) in [5.74, 6) is -1.77. The summed E-state index contributed by atoms with van der Waals surface area (Å²) in [6, 6.07) is 12.9. The van der Waals surface area contributed by atoms with Crippen molar-refractivity contribution in [1.82, 2.24) is 19.7 Å². The molecule has 0 amide bonds. The molecule has 2 heterocycles. The highest BCUT2D eigenvalue weighted by Gasteiger charge is 2.24. The average Bonchev–Trinajstić information content (AvgIpc) is 3.19. The molecule has 0 radical (unpaired) electrons. The minimum atomic E-state index is -1.05. The molecule has 4 aromatic rings. The molecular weight excluding hydrogens is 430 g/mol. The van der Waals surface area contributed by atoms with Crippen LogP contribution in [0, 0.1) is 25.5 Å². The zero-order valence-corrected chi connectivity index (χ0v) is 18.5. The van der Waals surface area contributed by atoms with Gasteiger partial charge in [-0.05, 0) is 62.7 Å². The van der Waals surface area contributed by atoms with Crippen molar-refractivity contribution < 1.29 is 13.6 Å². The Bertz CT molecular complexity index is 1290. The van der Waals surface area contributed by atoms with Crippen molar-refractivity contribution in [3.05, 3.63) is 89.2 Å². The van der Waals surface area contributed by atoms with Crippen LogP contribution in [-0.2, 0) is 0 Å². The molecule has 0 N–H and O–H groups in total. The Labute approximate surface area is 188 Å². The second-order valence-corrected chi connectivity index (χ2v) is 8.73. The molecule has 0 saturated heterocycles. The monoisotopic (exact) mass is 450 g/mol. The summed E-state index contributed by atoms with van der Waals surface area (Å²) in [5.41, 5.74) is 3.92. The number of aryl methyl sites for hydroxylation is 2. The number of nitrogens with zero attached hydrogens (tertiary/aromatic N) is 4. The maximum Gasteiger partial charge on any atom is 0.196 e. The van der Waals surface area contributed by atoms with Gasteiger partial charge in [0, 0.05) is 23.5 Å². The zero-order valence-electron chi connectivity index (χ0n) is 17.7. The van der Waals surface area contributed by atoms with E-state index in [0.717, 1.165) is 34.5 Å². The topological polar surface area (TPSA) is 60.7 Å². The largest absolute Gasteiger partial charge is 0.293 e.